The molecule has 3 aromatic carbocycles. The van der Waals surface area contributed by atoms with Gasteiger partial charge in [0, 0.05) is 50.0 Å². The minimum Gasteiger partial charge on any atom is -0.481 e. The molecule has 1 unspecified atom stereocenters. The fraction of sp³-hybridized carbons (Fsp3) is 0.440. The molecule has 1 aromatic heterocycles. The van der Waals surface area contributed by atoms with E-state index in [0.717, 1.165) is 15.8 Å². The van der Waals surface area contributed by atoms with Gasteiger partial charge in [0.25, 0.3) is 0 Å². The number of hydrogen-bond acceptors (Lipinski definition) is 11. The average Bonchev–Trinajstić information content (AvgIpc) is 3.96. The summed E-state index contributed by atoms with van der Waals surface area (Å²) in [5.41, 5.74) is 8.49. The van der Waals surface area contributed by atoms with Crippen molar-refractivity contribution >= 4 is 68.6 Å². The average molecular weight is 1020 g/mol. The lowest BCUT2D eigenvalue weighted by Crippen LogP contribution is -2.60. The summed E-state index contributed by atoms with van der Waals surface area (Å²) in [5, 5.41) is 21.3. The molecule has 2 heterocycles. The van der Waals surface area contributed by atoms with Crippen molar-refractivity contribution in [3.05, 3.63) is 102 Å². The number of aryl methyl sites for hydroxylation is 1. The van der Waals surface area contributed by atoms with Crippen molar-refractivity contribution in [1.82, 2.24) is 36.1 Å². The summed E-state index contributed by atoms with van der Waals surface area (Å²) in [7, 11) is -3.41. The van der Waals surface area contributed by atoms with Crippen molar-refractivity contribution in [2.24, 2.45) is 11.7 Å². The van der Waals surface area contributed by atoms with Gasteiger partial charge in [0.05, 0.1) is 13.0 Å². The number of benzene rings is 3. The van der Waals surface area contributed by atoms with Gasteiger partial charge in [0.1, 0.15) is 36.0 Å². The van der Waals surface area contributed by atoms with Crippen molar-refractivity contribution in [2.75, 3.05) is 20.1 Å². The van der Waals surface area contributed by atoms with Crippen LogP contribution < -0.4 is 31.2 Å². The number of carboxylic acids is 1. The zero-order chi connectivity index (χ0) is 52.5. The van der Waals surface area contributed by atoms with Gasteiger partial charge in [-0.3, -0.25) is 42.9 Å². The Balaban J connectivity index is 1.32. The fourth-order valence-electron chi connectivity index (χ4n) is 8.92. The molecule has 0 aliphatic carbocycles. The largest absolute Gasteiger partial charge is 0.481 e. The third-order valence-electron chi connectivity index (χ3n) is 12.6. The lowest BCUT2D eigenvalue weighted by atomic mass is 9.93. The molecule has 388 valence electrons. The second-order valence-electron chi connectivity index (χ2n) is 17.8. The highest BCUT2D eigenvalue weighted by atomic mass is 32.3. The number of carboxylic acid groups (broad SMARTS) is 1. The summed E-state index contributed by atoms with van der Waals surface area (Å²) in [5.74, 6) is -6.95. The van der Waals surface area contributed by atoms with E-state index in [1.807, 2.05) is 38.1 Å². The number of likely N-dealkylation sites (tertiary alicyclic amines) is 1. The summed E-state index contributed by atoms with van der Waals surface area (Å²) in [6.07, 6.45) is 4.03. The smallest absolute Gasteiger partial charge is 0.446 e. The van der Waals surface area contributed by atoms with Gasteiger partial charge < -0.3 is 51.1 Å². The molecule has 72 heavy (non-hydrogen) atoms. The van der Waals surface area contributed by atoms with Crippen LogP contribution in [0, 0.1) is 5.92 Å². The first-order chi connectivity index (χ1) is 34.3. The Morgan fingerprint density at radius 3 is 2.18 bits per heavy atom. The maximum Gasteiger partial charge on any atom is 0.446 e. The molecule has 1 aliphatic heterocycles. The Bertz CT molecular complexity index is 2660. The Morgan fingerprint density at radius 2 is 1.53 bits per heavy atom. The van der Waals surface area contributed by atoms with Crippen molar-refractivity contribution in [3.63, 3.8) is 0 Å². The Morgan fingerprint density at radius 1 is 0.847 bits per heavy atom. The third-order valence-corrected chi connectivity index (χ3v) is 13.0. The van der Waals surface area contributed by atoms with Crippen molar-refractivity contribution < 1.29 is 60.6 Å². The number of aliphatic carboxylic acids is 1. The van der Waals surface area contributed by atoms with E-state index in [1.165, 1.54) is 36.2 Å². The summed E-state index contributed by atoms with van der Waals surface area (Å²) in [6, 6.07) is 15.4. The number of para-hydroxylation sites is 1. The summed E-state index contributed by atoms with van der Waals surface area (Å²) in [6.45, 7) is 3.32. The number of aromatic amines is 1. The van der Waals surface area contributed by atoms with E-state index in [4.69, 9.17) is 10.3 Å². The van der Waals surface area contributed by atoms with Gasteiger partial charge in [-0.1, -0.05) is 93.8 Å². The number of rotatable bonds is 27. The number of carbonyl (C=O) groups excluding carboxylic acids is 7. The van der Waals surface area contributed by atoms with E-state index in [9.17, 15) is 51.9 Å². The minimum atomic E-state index is -4.71. The first-order valence-corrected chi connectivity index (χ1v) is 25.2. The van der Waals surface area contributed by atoms with Gasteiger partial charge in [-0.05, 0) is 66.5 Å². The summed E-state index contributed by atoms with van der Waals surface area (Å²) < 4.78 is 35.3. The quantitative estimate of drug-likeness (QED) is 0.0399. The van der Waals surface area contributed by atoms with Crippen LogP contribution in [0.3, 0.4) is 0 Å². The topological polar surface area (TPSA) is 317 Å². The number of likely N-dealkylation sites (N-methyl/N-ethyl adjacent to an activating group) is 1. The molecule has 1 fully saturated rings. The zero-order valence-electron chi connectivity index (χ0n) is 40.5. The molecule has 0 radical (unpaired) electrons. The van der Waals surface area contributed by atoms with E-state index in [2.05, 4.69) is 30.4 Å². The van der Waals surface area contributed by atoms with Crippen LogP contribution in [-0.2, 0) is 68.0 Å². The molecule has 0 bridgehead atoms. The number of primary amides is 1. The zero-order valence-corrected chi connectivity index (χ0v) is 41.3. The number of nitrogens with two attached hydrogens (primary N) is 1. The van der Waals surface area contributed by atoms with Crippen molar-refractivity contribution in [3.8, 4) is 5.75 Å². The number of nitrogens with one attached hydrogen (secondary N) is 5. The van der Waals surface area contributed by atoms with Crippen LogP contribution in [0.15, 0.2) is 85.1 Å². The minimum absolute atomic E-state index is 0.0282. The number of aromatic nitrogens is 1. The monoisotopic (exact) mass is 1020 g/mol. The van der Waals surface area contributed by atoms with E-state index in [1.54, 1.807) is 36.5 Å². The van der Waals surface area contributed by atoms with E-state index >= 15 is 0 Å². The SMILES string of the molecule is CCCC[C@H](NC(=O)CCc1ccc(OS(=O)(=O)O)cc1)C(=O)NCC(=O)N[C@@H](Cc1c[nH]c2ccccc12)C(=O)N1CCC(CCC)[C@H]1C(=O)N[C@@H](CC(=O)O)C(=O)N(C)[C@@H](Cc1ccccc1)C(N)=O. The van der Waals surface area contributed by atoms with Gasteiger partial charge in [-0.15, -0.1) is 0 Å². The second kappa shape index (κ2) is 26.2. The number of hydrogen-bond donors (Lipinski definition) is 8. The molecule has 6 atom stereocenters. The maximum absolute atomic E-state index is 14.9. The van der Waals surface area contributed by atoms with Crippen LogP contribution in [0.2, 0.25) is 0 Å². The molecular weight excluding hydrogens is 953 g/mol. The molecule has 0 saturated carbocycles. The molecule has 9 N–H and O–H groups in total. The fourth-order valence-corrected chi connectivity index (χ4v) is 9.27. The molecule has 7 amide bonds. The van der Waals surface area contributed by atoms with Gasteiger partial charge in [0.15, 0.2) is 0 Å². The first-order valence-electron chi connectivity index (χ1n) is 23.9. The molecule has 5 rings (SSSR count). The van der Waals surface area contributed by atoms with Crippen LogP contribution in [0.4, 0.5) is 0 Å². The number of H-pyrrole nitrogens is 1. The molecule has 4 aromatic rings. The lowest BCUT2D eigenvalue weighted by Gasteiger charge is -2.33. The first kappa shape index (κ1) is 55.6. The number of fused-ring (bicyclic) bond motifs is 1. The highest BCUT2D eigenvalue weighted by Gasteiger charge is 2.45. The Kier molecular flexibility index (Phi) is 20.2. The van der Waals surface area contributed by atoms with E-state index in [-0.39, 0.29) is 44.4 Å². The highest BCUT2D eigenvalue weighted by molar-refractivity contribution is 7.81. The van der Waals surface area contributed by atoms with Gasteiger partial charge in [-0.25, -0.2) is 0 Å². The maximum atomic E-state index is 14.9. The highest BCUT2D eigenvalue weighted by Crippen LogP contribution is 2.31. The third kappa shape index (κ3) is 16.1. The Labute approximate surface area is 417 Å². The molecule has 22 heteroatoms. The van der Waals surface area contributed by atoms with Crippen LogP contribution >= 0.6 is 0 Å². The van der Waals surface area contributed by atoms with Crippen molar-refractivity contribution in [2.45, 2.75) is 115 Å². The standard InChI is InChI=1S/C50H64N8O13S/c1-4-6-16-38(54-42(59)23-20-31-18-21-35(22-19-31)71-72(68,69)70)47(64)53-30-43(60)55-39(27-34-29-52-37-17-11-10-15-36(34)37)50(67)58-25-24-33(12-5-2)45(58)48(65)56-40(28-44(61)62)49(66)57(3)41(46(51)63)26-32-13-8-7-9-14-32/h7-11,13-15,17-19,21-22,29,33,38-41,45,52H,4-6,12,16,20,23-28,30H2,1-3H3,(H2,51,63)(H,53,64)(H,54,59)(H,55,60)(H,56,65)(H,61,62)(H,68,69,70)/t33?,38-,39-,40-,41-,45-/m0/s1. The van der Waals surface area contributed by atoms with Crippen LogP contribution in [0.25, 0.3) is 10.9 Å². The molecule has 1 aliphatic rings. The van der Waals surface area contributed by atoms with Gasteiger partial charge in [-0.2, -0.15) is 8.42 Å². The lowest BCUT2D eigenvalue weighted by molar-refractivity contribution is -0.147. The molecule has 0 spiro atoms. The molecule has 1 saturated heterocycles. The number of nitrogens with zero attached hydrogens (tertiary/aromatic N) is 2. The van der Waals surface area contributed by atoms with E-state index < -0.39 is 107 Å². The van der Waals surface area contributed by atoms with Crippen molar-refractivity contribution in [1.29, 1.82) is 0 Å². The van der Waals surface area contributed by atoms with Gasteiger partial charge >= 0.3 is 16.4 Å². The Hall–Kier alpha value is -7.33. The number of unbranched alkanes of at least 4 members (excludes halogenated alkanes) is 1. The molecule has 21 nitrogen and oxygen atoms in total. The predicted molar refractivity (Wildman–Crippen MR) is 264 cm³/mol. The molecular formula is C50H64N8O13S. The van der Waals surface area contributed by atoms with Crippen LogP contribution in [0.5, 0.6) is 5.75 Å². The number of carbonyl (C=O) groups is 8. The number of amides is 7. The van der Waals surface area contributed by atoms with Gasteiger partial charge in [0.2, 0.25) is 41.4 Å². The predicted octanol–water partition coefficient (Wildman–Crippen LogP) is 2.33. The van der Waals surface area contributed by atoms with E-state index in [0.29, 0.717) is 48.8 Å². The normalized spacial score (nSPS) is 16.1. The van der Waals surface area contributed by atoms with Crippen LogP contribution in [0.1, 0.15) is 81.9 Å². The summed E-state index contributed by atoms with van der Waals surface area (Å²) in [4.78, 5) is 114. The summed E-state index contributed by atoms with van der Waals surface area (Å²) >= 11 is 0. The van der Waals surface area contributed by atoms with Crippen LogP contribution in [-0.4, -0.2) is 131 Å². The second-order valence-corrected chi connectivity index (χ2v) is 18.9.